The largest absolute Gasteiger partial charge is 0.361 e. The molecule has 2 amide bonds. The lowest BCUT2D eigenvalue weighted by Crippen LogP contribution is -2.48. The number of piperidine rings is 1. The SMILES string of the molecule is O=C(Cc1c[nH]c2ccccc12)NNC(=O)C1CCN(S(=O)(=O)c2ccc3c(c2)CCC3)CC1. The van der Waals surface area contributed by atoms with Crippen molar-refractivity contribution in [2.75, 3.05) is 13.1 Å². The highest BCUT2D eigenvalue weighted by Crippen LogP contribution is 2.28. The van der Waals surface area contributed by atoms with Gasteiger partial charge >= 0.3 is 0 Å². The molecule has 178 valence electrons. The van der Waals surface area contributed by atoms with Gasteiger partial charge in [0.05, 0.1) is 11.3 Å². The van der Waals surface area contributed by atoms with Gasteiger partial charge in [0.1, 0.15) is 0 Å². The van der Waals surface area contributed by atoms with E-state index in [1.54, 1.807) is 18.3 Å². The van der Waals surface area contributed by atoms with Crippen molar-refractivity contribution in [2.45, 2.75) is 43.4 Å². The van der Waals surface area contributed by atoms with E-state index >= 15 is 0 Å². The van der Waals surface area contributed by atoms with Crippen LogP contribution in [0.15, 0.2) is 53.6 Å². The van der Waals surface area contributed by atoms with E-state index in [-0.39, 0.29) is 37.2 Å². The van der Waals surface area contributed by atoms with Crippen LogP contribution in [-0.4, -0.2) is 42.6 Å². The number of nitrogens with one attached hydrogen (secondary N) is 3. The molecular weight excluding hydrogens is 452 g/mol. The highest BCUT2D eigenvalue weighted by Gasteiger charge is 2.32. The number of para-hydroxylation sites is 1. The Morgan fingerprint density at radius 1 is 1.00 bits per heavy atom. The lowest BCUT2D eigenvalue weighted by atomic mass is 9.98. The standard InChI is InChI=1S/C25H28N4O4S/c30-24(15-20-16-26-23-7-2-1-6-22(20)23)27-28-25(31)18-10-12-29(13-11-18)34(32,33)21-9-8-17-4-3-5-19(17)14-21/h1-2,6-9,14,16,18,26H,3-5,10-13,15H2,(H,27,30)(H,28,31). The van der Waals surface area contributed by atoms with Gasteiger partial charge in [0.25, 0.3) is 0 Å². The molecule has 2 aromatic carbocycles. The van der Waals surface area contributed by atoms with Crippen molar-refractivity contribution in [3.05, 3.63) is 65.4 Å². The van der Waals surface area contributed by atoms with E-state index in [4.69, 9.17) is 0 Å². The summed E-state index contributed by atoms with van der Waals surface area (Å²) in [6, 6.07) is 13.1. The number of hydrogen-bond donors (Lipinski definition) is 3. The van der Waals surface area contributed by atoms with Crippen molar-refractivity contribution in [3.8, 4) is 0 Å². The molecule has 0 saturated carbocycles. The zero-order valence-corrected chi connectivity index (χ0v) is 19.7. The summed E-state index contributed by atoms with van der Waals surface area (Å²) in [6.45, 7) is 0.557. The molecule has 0 spiro atoms. The van der Waals surface area contributed by atoms with Crippen LogP contribution in [0.2, 0.25) is 0 Å². The van der Waals surface area contributed by atoms with Crippen molar-refractivity contribution in [2.24, 2.45) is 5.92 Å². The summed E-state index contributed by atoms with van der Waals surface area (Å²) in [6.07, 6.45) is 5.76. The number of hydrazine groups is 1. The van der Waals surface area contributed by atoms with Crippen LogP contribution >= 0.6 is 0 Å². The molecule has 2 aliphatic rings. The van der Waals surface area contributed by atoms with Crippen LogP contribution < -0.4 is 10.9 Å². The molecule has 0 atom stereocenters. The van der Waals surface area contributed by atoms with Gasteiger partial charge in [0, 0.05) is 36.1 Å². The fraction of sp³-hybridized carbons (Fsp3) is 0.360. The molecular formula is C25H28N4O4S. The Balaban J connectivity index is 1.13. The van der Waals surface area contributed by atoms with Crippen molar-refractivity contribution in [1.82, 2.24) is 20.1 Å². The maximum atomic E-state index is 13.1. The molecule has 1 aliphatic heterocycles. The van der Waals surface area contributed by atoms with Crippen molar-refractivity contribution < 1.29 is 18.0 Å². The van der Waals surface area contributed by atoms with Gasteiger partial charge in [0.2, 0.25) is 21.8 Å². The summed E-state index contributed by atoms with van der Waals surface area (Å²) >= 11 is 0. The minimum absolute atomic E-state index is 0.141. The summed E-state index contributed by atoms with van der Waals surface area (Å²) in [5.74, 6) is -0.948. The minimum atomic E-state index is -3.58. The maximum absolute atomic E-state index is 13.1. The molecule has 3 aromatic rings. The molecule has 2 heterocycles. The van der Waals surface area contributed by atoms with E-state index in [1.807, 2.05) is 30.3 Å². The Morgan fingerprint density at radius 3 is 2.59 bits per heavy atom. The third-order valence-corrected chi connectivity index (χ3v) is 8.78. The predicted octanol–water partition coefficient (Wildman–Crippen LogP) is 2.45. The second kappa shape index (κ2) is 9.23. The molecule has 1 fully saturated rings. The number of carbonyl (C=O) groups is 2. The number of H-pyrrole nitrogens is 1. The molecule has 0 bridgehead atoms. The van der Waals surface area contributed by atoms with E-state index in [2.05, 4.69) is 15.8 Å². The van der Waals surface area contributed by atoms with Crippen LogP contribution in [0.25, 0.3) is 10.9 Å². The Kier molecular flexibility index (Phi) is 6.14. The van der Waals surface area contributed by atoms with Gasteiger partial charge in [-0.15, -0.1) is 0 Å². The third-order valence-electron chi connectivity index (χ3n) is 6.88. The molecule has 8 nitrogen and oxygen atoms in total. The first-order chi connectivity index (χ1) is 16.4. The number of aryl methyl sites for hydroxylation is 2. The number of amides is 2. The fourth-order valence-electron chi connectivity index (χ4n) is 4.94. The van der Waals surface area contributed by atoms with E-state index in [0.717, 1.165) is 41.3 Å². The van der Waals surface area contributed by atoms with E-state index in [0.29, 0.717) is 17.7 Å². The number of fused-ring (bicyclic) bond motifs is 2. The smallest absolute Gasteiger partial charge is 0.243 e. The van der Waals surface area contributed by atoms with Crippen LogP contribution in [0, 0.1) is 5.92 Å². The van der Waals surface area contributed by atoms with Gasteiger partial charge in [-0.3, -0.25) is 20.4 Å². The van der Waals surface area contributed by atoms with Crippen LogP contribution in [-0.2, 0) is 38.9 Å². The maximum Gasteiger partial charge on any atom is 0.243 e. The predicted molar refractivity (Wildman–Crippen MR) is 128 cm³/mol. The molecule has 3 N–H and O–H groups in total. The van der Waals surface area contributed by atoms with Crippen LogP contribution in [0.5, 0.6) is 0 Å². The van der Waals surface area contributed by atoms with Crippen molar-refractivity contribution in [3.63, 3.8) is 0 Å². The number of rotatable bonds is 5. The molecule has 1 aliphatic carbocycles. The molecule has 1 aromatic heterocycles. The normalized spacial score (nSPS) is 16.9. The zero-order chi connectivity index (χ0) is 23.7. The molecule has 5 rings (SSSR count). The number of carbonyl (C=O) groups excluding carboxylic acids is 2. The lowest BCUT2D eigenvalue weighted by molar-refractivity contribution is -0.131. The first kappa shape index (κ1) is 22.6. The highest BCUT2D eigenvalue weighted by molar-refractivity contribution is 7.89. The molecule has 34 heavy (non-hydrogen) atoms. The first-order valence-electron chi connectivity index (χ1n) is 11.7. The Bertz CT molecular complexity index is 1340. The summed E-state index contributed by atoms with van der Waals surface area (Å²) in [4.78, 5) is 28.4. The number of sulfonamides is 1. The number of aromatic amines is 1. The van der Waals surface area contributed by atoms with E-state index in [9.17, 15) is 18.0 Å². The Morgan fingerprint density at radius 2 is 1.76 bits per heavy atom. The van der Waals surface area contributed by atoms with Crippen LogP contribution in [0.1, 0.15) is 36.0 Å². The van der Waals surface area contributed by atoms with Gasteiger partial charge in [-0.1, -0.05) is 24.3 Å². The third kappa shape index (κ3) is 4.45. The molecule has 0 unspecified atom stereocenters. The first-order valence-corrected chi connectivity index (χ1v) is 13.1. The highest BCUT2D eigenvalue weighted by atomic mass is 32.2. The van der Waals surface area contributed by atoms with Gasteiger partial charge in [-0.2, -0.15) is 4.31 Å². The topological polar surface area (TPSA) is 111 Å². The monoisotopic (exact) mass is 480 g/mol. The van der Waals surface area contributed by atoms with Crippen molar-refractivity contribution >= 4 is 32.7 Å². The molecule has 1 saturated heterocycles. The second-order valence-electron chi connectivity index (χ2n) is 9.04. The Labute approximate surface area is 198 Å². The fourth-order valence-corrected chi connectivity index (χ4v) is 6.47. The van der Waals surface area contributed by atoms with Crippen LogP contribution in [0.4, 0.5) is 0 Å². The average Bonchev–Trinajstić information content (AvgIpc) is 3.49. The van der Waals surface area contributed by atoms with Crippen molar-refractivity contribution in [1.29, 1.82) is 0 Å². The van der Waals surface area contributed by atoms with Gasteiger partial charge < -0.3 is 4.98 Å². The minimum Gasteiger partial charge on any atom is -0.361 e. The number of aromatic nitrogens is 1. The van der Waals surface area contributed by atoms with Crippen LogP contribution in [0.3, 0.4) is 0 Å². The summed E-state index contributed by atoms with van der Waals surface area (Å²) in [5, 5.41) is 0.973. The van der Waals surface area contributed by atoms with E-state index < -0.39 is 10.0 Å². The molecule has 9 heteroatoms. The summed E-state index contributed by atoms with van der Waals surface area (Å²) < 4.78 is 27.6. The number of benzene rings is 2. The molecule has 0 radical (unpaired) electrons. The summed E-state index contributed by atoms with van der Waals surface area (Å²) in [5.41, 5.74) is 9.17. The summed E-state index contributed by atoms with van der Waals surface area (Å²) in [7, 11) is -3.58. The average molecular weight is 481 g/mol. The van der Waals surface area contributed by atoms with Gasteiger partial charge in [-0.25, -0.2) is 8.42 Å². The quantitative estimate of drug-likeness (QED) is 0.487. The van der Waals surface area contributed by atoms with Gasteiger partial charge in [0.15, 0.2) is 0 Å². The lowest BCUT2D eigenvalue weighted by Gasteiger charge is -2.30. The number of nitrogens with zero attached hydrogens (tertiary/aromatic N) is 1. The zero-order valence-electron chi connectivity index (χ0n) is 18.8. The number of hydrogen-bond acceptors (Lipinski definition) is 4. The van der Waals surface area contributed by atoms with E-state index in [1.165, 1.54) is 9.87 Å². The Hall–Kier alpha value is -3.17. The second-order valence-corrected chi connectivity index (χ2v) is 11.0. The van der Waals surface area contributed by atoms with Gasteiger partial charge in [-0.05, 0) is 67.0 Å².